The second-order valence-electron chi connectivity index (χ2n) is 5.24. The van der Waals surface area contributed by atoms with E-state index in [2.05, 4.69) is 23.3 Å². The maximum absolute atomic E-state index is 9.96. The first kappa shape index (κ1) is 14.0. The highest BCUT2D eigenvalue weighted by molar-refractivity contribution is 7.18. The molecule has 0 amide bonds. The fourth-order valence-corrected chi connectivity index (χ4v) is 3.28. The number of phenols is 1. The number of aryl methyl sites for hydroxylation is 1. The molecule has 21 heavy (non-hydrogen) atoms. The number of hydrogen-bond acceptors (Lipinski definition) is 4. The summed E-state index contributed by atoms with van der Waals surface area (Å²) < 4.78 is 1.21. The smallest absolute Gasteiger partial charge is 0.120 e. The van der Waals surface area contributed by atoms with Crippen molar-refractivity contribution in [1.29, 1.82) is 0 Å². The molecule has 3 nitrogen and oxygen atoms in total. The van der Waals surface area contributed by atoms with Gasteiger partial charge in [-0.2, -0.15) is 0 Å². The van der Waals surface area contributed by atoms with Crippen LogP contribution in [0.5, 0.6) is 5.75 Å². The van der Waals surface area contributed by atoms with Gasteiger partial charge >= 0.3 is 0 Å². The lowest BCUT2D eigenvalue weighted by atomic mass is 10.0. The SMILES string of the molecule is Cc1ccc(O)c(C(C)NCc2nc3ccccc3s2)c1. The van der Waals surface area contributed by atoms with Crippen LogP contribution in [0, 0.1) is 6.92 Å². The van der Waals surface area contributed by atoms with Gasteiger partial charge in [-0.15, -0.1) is 11.3 Å². The van der Waals surface area contributed by atoms with Crippen LogP contribution >= 0.6 is 11.3 Å². The average molecular weight is 298 g/mol. The van der Waals surface area contributed by atoms with Crippen molar-refractivity contribution in [2.24, 2.45) is 0 Å². The Hall–Kier alpha value is -1.91. The summed E-state index contributed by atoms with van der Waals surface area (Å²) in [5.41, 5.74) is 3.12. The number of para-hydroxylation sites is 1. The molecule has 1 atom stereocenters. The van der Waals surface area contributed by atoms with Gasteiger partial charge in [0.1, 0.15) is 10.8 Å². The number of rotatable bonds is 4. The monoisotopic (exact) mass is 298 g/mol. The minimum Gasteiger partial charge on any atom is -0.508 e. The Balaban J connectivity index is 1.73. The number of thiazole rings is 1. The van der Waals surface area contributed by atoms with Gasteiger partial charge in [0.25, 0.3) is 0 Å². The van der Waals surface area contributed by atoms with E-state index in [0.717, 1.165) is 21.7 Å². The van der Waals surface area contributed by atoms with Crippen LogP contribution in [-0.4, -0.2) is 10.1 Å². The number of nitrogens with one attached hydrogen (secondary N) is 1. The molecule has 0 aliphatic carbocycles. The van der Waals surface area contributed by atoms with Gasteiger partial charge in [0.15, 0.2) is 0 Å². The fraction of sp³-hybridized carbons (Fsp3) is 0.235. The third-order valence-electron chi connectivity index (χ3n) is 3.55. The topological polar surface area (TPSA) is 45.1 Å². The zero-order valence-corrected chi connectivity index (χ0v) is 12.9. The van der Waals surface area contributed by atoms with Crippen molar-refractivity contribution in [2.45, 2.75) is 26.4 Å². The minimum atomic E-state index is 0.0805. The van der Waals surface area contributed by atoms with Gasteiger partial charge in [0, 0.05) is 18.2 Å². The molecule has 1 heterocycles. The third-order valence-corrected chi connectivity index (χ3v) is 4.58. The van der Waals surface area contributed by atoms with Crippen molar-refractivity contribution in [1.82, 2.24) is 10.3 Å². The molecule has 2 N–H and O–H groups in total. The molecule has 2 aromatic carbocycles. The maximum Gasteiger partial charge on any atom is 0.120 e. The van der Waals surface area contributed by atoms with Crippen LogP contribution in [0.25, 0.3) is 10.2 Å². The van der Waals surface area contributed by atoms with Crippen molar-refractivity contribution in [3.8, 4) is 5.75 Å². The van der Waals surface area contributed by atoms with Crippen LogP contribution in [0.3, 0.4) is 0 Å². The predicted molar refractivity (Wildman–Crippen MR) is 87.7 cm³/mol. The van der Waals surface area contributed by atoms with Crippen LogP contribution < -0.4 is 5.32 Å². The van der Waals surface area contributed by atoms with Crippen LogP contribution in [0.15, 0.2) is 42.5 Å². The second-order valence-corrected chi connectivity index (χ2v) is 6.36. The van der Waals surface area contributed by atoms with Crippen molar-refractivity contribution in [2.75, 3.05) is 0 Å². The number of fused-ring (bicyclic) bond motifs is 1. The number of benzene rings is 2. The summed E-state index contributed by atoms with van der Waals surface area (Å²) in [6.45, 7) is 4.79. The quantitative estimate of drug-likeness (QED) is 0.760. The molecule has 1 aromatic heterocycles. The van der Waals surface area contributed by atoms with Gasteiger partial charge in [-0.1, -0.05) is 29.8 Å². The van der Waals surface area contributed by atoms with Crippen LogP contribution in [0.2, 0.25) is 0 Å². The summed E-state index contributed by atoms with van der Waals surface area (Å²) in [6.07, 6.45) is 0. The predicted octanol–water partition coefficient (Wildman–Crippen LogP) is 4.16. The Morgan fingerprint density at radius 2 is 2.05 bits per heavy atom. The average Bonchev–Trinajstić information content (AvgIpc) is 2.90. The van der Waals surface area contributed by atoms with E-state index in [0.29, 0.717) is 12.3 Å². The summed E-state index contributed by atoms with van der Waals surface area (Å²) in [7, 11) is 0. The molecule has 4 heteroatoms. The van der Waals surface area contributed by atoms with Gasteiger partial charge in [-0.3, -0.25) is 0 Å². The summed E-state index contributed by atoms with van der Waals surface area (Å²) >= 11 is 1.71. The first-order valence-electron chi connectivity index (χ1n) is 7.01. The van der Waals surface area contributed by atoms with Crippen molar-refractivity contribution < 1.29 is 5.11 Å². The molecule has 0 saturated heterocycles. The van der Waals surface area contributed by atoms with Crippen molar-refractivity contribution in [3.63, 3.8) is 0 Å². The molecular weight excluding hydrogens is 280 g/mol. The highest BCUT2D eigenvalue weighted by Crippen LogP contribution is 2.26. The molecule has 108 valence electrons. The molecule has 0 fully saturated rings. The normalized spacial score (nSPS) is 12.7. The van der Waals surface area contributed by atoms with Gasteiger partial charge in [0.05, 0.1) is 10.2 Å². The van der Waals surface area contributed by atoms with E-state index in [1.165, 1.54) is 4.70 Å². The third kappa shape index (κ3) is 3.06. The standard InChI is InChI=1S/C17H18N2OS/c1-11-7-8-15(20)13(9-11)12(2)18-10-17-19-14-5-3-4-6-16(14)21-17/h3-9,12,18,20H,10H2,1-2H3. The summed E-state index contributed by atoms with van der Waals surface area (Å²) in [4.78, 5) is 4.61. The Morgan fingerprint density at radius 1 is 1.24 bits per heavy atom. The van der Waals surface area contributed by atoms with E-state index in [9.17, 15) is 5.11 Å². The van der Waals surface area contributed by atoms with Crippen LogP contribution in [0.4, 0.5) is 0 Å². The maximum atomic E-state index is 9.96. The Morgan fingerprint density at radius 3 is 2.86 bits per heavy atom. The first-order chi connectivity index (χ1) is 10.1. The molecule has 0 spiro atoms. The van der Waals surface area contributed by atoms with E-state index in [4.69, 9.17) is 0 Å². The van der Waals surface area contributed by atoms with E-state index >= 15 is 0 Å². The van der Waals surface area contributed by atoms with Gasteiger partial charge in [0.2, 0.25) is 0 Å². The minimum absolute atomic E-state index is 0.0805. The number of hydrogen-bond donors (Lipinski definition) is 2. The number of aromatic hydroxyl groups is 1. The van der Waals surface area contributed by atoms with Gasteiger partial charge < -0.3 is 10.4 Å². The van der Waals surface area contributed by atoms with Crippen molar-refractivity contribution >= 4 is 21.6 Å². The molecule has 0 aliphatic rings. The van der Waals surface area contributed by atoms with Gasteiger partial charge in [-0.25, -0.2) is 4.98 Å². The highest BCUT2D eigenvalue weighted by Gasteiger charge is 2.11. The fourth-order valence-electron chi connectivity index (χ4n) is 2.37. The molecule has 3 aromatic rings. The zero-order valence-electron chi connectivity index (χ0n) is 12.1. The number of aromatic nitrogens is 1. The lowest BCUT2D eigenvalue weighted by molar-refractivity contribution is 0.452. The molecule has 0 aliphatic heterocycles. The molecule has 3 rings (SSSR count). The number of phenolic OH excluding ortho intramolecular Hbond substituents is 1. The summed E-state index contributed by atoms with van der Waals surface area (Å²) in [5, 5.41) is 14.5. The Labute approximate surface area is 128 Å². The summed E-state index contributed by atoms with van der Waals surface area (Å²) in [5.74, 6) is 0.338. The lowest BCUT2D eigenvalue weighted by Gasteiger charge is -2.15. The van der Waals surface area contributed by atoms with E-state index < -0.39 is 0 Å². The lowest BCUT2D eigenvalue weighted by Crippen LogP contribution is -2.18. The van der Waals surface area contributed by atoms with Crippen LogP contribution in [0.1, 0.15) is 29.1 Å². The zero-order chi connectivity index (χ0) is 14.8. The second kappa shape index (κ2) is 5.84. The molecule has 0 radical (unpaired) electrons. The molecule has 0 saturated carbocycles. The first-order valence-corrected chi connectivity index (χ1v) is 7.82. The molecule has 1 unspecified atom stereocenters. The molecular formula is C17H18N2OS. The number of nitrogens with zero attached hydrogens (tertiary/aromatic N) is 1. The van der Waals surface area contributed by atoms with E-state index in [-0.39, 0.29) is 6.04 Å². The summed E-state index contributed by atoms with van der Waals surface area (Å²) in [6, 6.07) is 13.9. The Kier molecular flexibility index (Phi) is 3.90. The van der Waals surface area contributed by atoms with E-state index in [1.807, 2.05) is 37.3 Å². The van der Waals surface area contributed by atoms with Gasteiger partial charge in [-0.05, 0) is 32.0 Å². The molecule has 0 bridgehead atoms. The Bertz CT molecular complexity index is 733. The van der Waals surface area contributed by atoms with Crippen LogP contribution in [-0.2, 0) is 6.54 Å². The highest BCUT2D eigenvalue weighted by atomic mass is 32.1. The van der Waals surface area contributed by atoms with Crippen molar-refractivity contribution in [3.05, 3.63) is 58.6 Å². The van der Waals surface area contributed by atoms with E-state index in [1.54, 1.807) is 17.4 Å². The largest absolute Gasteiger partial charge is 0.508 e.